The molecule has 3 rings (SSSR count). The molecule has 0 spiro atoms. The van der Waals surface area contributed by atoms with Crippen LogP contribution in [-0.2, 0) is 4.79 Å². The number of thiocarbonyl (C=S) groups is 1. The maximum Gasteiger partial charge on any atom is 0.343 e. The number of hydrogen-bond acceptors (Lipinski definition) is 5. The Labute approximate surface area is 167 Å². The molecule has 4 nitrogen and oxygen atoms in total. The van der Waals surface area contributed by atoms with Crippen molar-refractivity contribution >= 4 is 46.3 Å². The van der Waals surface area contributed by atoms with Gasteiger partial charge in [-0.25, -0.2) is 4.79 Å². The number of nitrogens with zero attached hydrogens (tertiary/aromatic N) is 1. The van der Waals surface area contributed by atoms with E-state index >= 15 is 0 Å². The van der Waals surface area contributed by atoms with Crippen LogP contribution in [0.1, 0.15) is 21.5 Å². The minimum absolute atomic E-state index is 0.125. The molecule has 2 aromatic rings. The summed E-state index contributed by atoms with van der Waals surface area (Å²) >= 11 is 6.49. The predicted octanol–water partition coefficient (Wildman–Crippen LogP) is 4.60. The fraction of sp³-hybridized carbons (Fsp3) is 0.0952. The van der Waals surface area contributed by atoms with Gasteiger partial charge in [-0.1, -0.05) is 59.9 Å². The van der Waals surface area contributed by atoms with Crippen LogP contribution in [0.25, 0.3) is 6.08 Å². The zero-order chi connectivity index (χ0) is 19.4. The first-order valence-corrected chi connectivity index (χ1v) is 9.45. The van der Waals surface area contributed by atoms with Crippen molar-refractivity contribution in [1.82, 2.24) is 4.90 Å². The van der Waals surface area contributed by atoms with Gasteiger partial charge in [0.15, 0.2) is 0 Å². The molecule has 0 aliphatic carbocycles. The standard InChI is InChI=1S/C21H17NO3S2/c1-3-12-22-19(23)18(27-21(22)26)13-15-6-10-17(11-7-15)25-20(24)16-8-4-14(2)5-9-16/h3-11,13H,1,12H2,2H3. The molecular formula is C21H17NO3S2. The molecule has 6 heteroatoms. The van der Waals surface area contributed by atoms with Crippen molar-refractivity contribution in [2.24, 2.45) is 0 Å². The molecule has 136 valence electrons. The quantitative estimate of drug-likeness (QED) is 0.243. The third kappa shape index (κ3) is 4.53. The van der Waals surface area contributed by atoms with Crippen LogP contribution in [0.3, 0.4) is 0 Å². The highest BCUT2D eigenvalue weighted by Gasteiger charge is 2.30. The topological polar surface area (TPSA) is 46.6 Å². The Morgan fingerprint density at radius 2 is 1.85 bits per heavy atom. The highest BCUT2D eigenvalue weighted by Crippen LogP contribution is 2.32. The maximum atomic E-state index is 12.3. The molecule has 0 saturated carbocycles. The SMILES string of the molecule is C=CCN1C(=O)C(=Cc2ccc(OC(=O)c3ccc(C)cc3)cc2)SC1=S. The molecule has 0 bridgehead atoms. The predicted molar refractivity (Wildman–Crippen MR) is 113 cm³/mol. The van der Waals surface area contributed by atoms with Gasteiger partial charge in [0.05, 0.1) is 10.5 Å². The molecule has 1 heterocycles. The van der Waals surface area contributed by atoms with Crippen LogP contribution in [0.2, 0.25) is 0 Å². The number of thioether (sulfide) groups is 1. The lowest BCUT2D eigenvalue weighted by Gasteiger charge is -2.10. The van der Waals surface area contributed by atoms with Crippen LogP contribution < -0.4 is 4.74 Å². The van der Waals surface area contributed by atoms with Crippen LogP contribution >= 0.6 is 24.0 Å². The van der Waals surface area contributed by atoms with Gasteiger partial charge < -0.3 is 4.74 Å². The normalized spacial score (nSPS) is 15.3. The lowest BCUT2D eigenvalue weighted by Crippen LogP contribution is -2.27. The van der Waals surface area contributed by atoms with E-state index in [-0.39, 0.29) is 5.91 Å². The van der Waals surface area contributed by atoms with Crippen molar-refractivity contribution in [3.8, 4) is 5.75 Å². The first-order valence-electron chi connectivity index (χ1n) is 8.23. The van der Waals surface area contributed by atoms with Crippen LogP contribution in [0.5, 0.6) is 5.75 Å². The van der Waals surface area contributed by atoms with Crippen molar-refractivity contribution in [2.75, 3.05) is 6.54 Å². The lowest BCUT2D eigenvalue weighted by atomic mass is 10.1. The van der Waals surface area contributed by atoms with Crippen LogP contribution in [-0.4, -0.2) is 27.6 Å². The second kappa shape index (κ2) is 8.33. The smallest absolute Gasteiger partial charge is 0.343 e. The zero-order valence-electron chi connectivity index (χ0n) is 14.7. The molecule has 0 atom stereocenters. The van der Waals surface area contributed by atoms with E-state index < -0.39 is 5.97 Å². The maximum absolute atomic E-state index is 12.3. The van der Waals surface area contributed by atoms with Crippen molar-refractivity contribution < 1.29 is 14.3 Å². The van der Waals surface area contributed by atoms with E-state index in [1.807, 2.05) is 19.1 Å². The second-order valence-electron chi connectivity index (χ2n) is 5.91. The highest BCUT2D eigenvalue weighted by molar-refractivity contribution is 8.26. The molecule has 1 saturated heterocycles. The molecule has 2 aromatic carbocycles. The summed E-state index contributed by atoms with van der Waals surface area (Å²) < 4.78 is 5.90. The number of hydrogen-bond donors (Lipinski definition) is 0. The summed E-state index contributed by atoms with van der Waals surface area (Å²) in [4.78, 5) is 26.6. The number of carbonyl (C=O) groups excluding carboxylic acids is 2. The number of ether oxygens (including phenoxy) is 1. The Kier molecular flexibility index (Phi) is 5.88. The fourth-order valence-electron chi connectivity index (χ4n) is 2.43. The van der Waals surface area contributed by atoms with Gasteiger partial charge in [0, 0.05) is 6.54 Å². The van der Waals surface area contributed by atoms with E-state index in [0.717, 1.165) is 11.1 Å². The first-order chi connectivity index (χ1) is 13.0. The molecule has 0 aromatic heterocycles. The molecule has 27 heavy (non-hydrogen) atoms. The third-order valence-electron chi connectivity index (χ3n) is 3.86. The Balaban J connectivity index is 1.69. The van der Waals surface area contributed by atoms with Gasteiger partial charge >= 0.3 is 5.97 Å². The van der Waals surface area contributed by atoms with Gasteiger partial charge in [-0.2, -0.15) is 0 Å². The molecule has 0 unspecified atom stereocenters. The molecule has 1 aliphatic rings. The molecule has 1 amide bonds. The summed E-state index contributed by atoms with van der Waals surface area (Å²) in [6.45, 7) is 5.99. The van der Waals surface area contributed by atoms with Crippen molar-refractivity contribution in [1.29, 1.82) is 0 Å². The van der Waals surface area contributed by atoms with Crippen LogP contribution in [0.15, 0.2) is 66.1 Å². The van der Waals surface area contributed by atoms with Gasteiger partial charge in [-0.05, 0) is 42.8 Å². The van der Waals surface area contributed by atoms with Gasteiger partial charge in [0.1, 0.15) is 10.1 Å². The number of esters is 1. The highest BCUT2D eigenvalue weighted by atomic mass is 32.2. The average Bonchev–Trinajstić information content (AvgIpc) is 2.91. The number of carbonyl (C=O) groups is 2. The number of benzene rings is 2. The molecule has 0 radical (unpaired) electrons. The Morgan fingerprint density at radius 1 is 1.19 bits per heavy atom. The lowest BCUT2D eigenvalue weighted by molar-refractivity contribution is -0.121. The molecular weight excluding hydrogens is 378 g/mol. The Morgan fingerprint density at radius 3 is 2.48 bits per heavy atom. The second-order valence-corrected chi connectivity index (χ2v) is 7.58. The Hall–Kier alpha value is -2.70. The summed E-state index contributed by atoms with van der Waals surface area (Å²) in [7, 11) is 0. The minimum Gasteiger partial charge on any atom is -0.423 e. The Bertz CT molecular complexity index is 931. The summed E-state index contributed by atoms with van der Waals surface area (Å²) in [6, 6.07) is 14.2. The van der Waals surface area contributed by atoms with Crippen LogP contribution in [0.4, 0.5) is 0 Å². The summed E-state index contributed by atoms with van der Waals surface area (Å²) in [5.41, 5.74) is 2.40. The summed E-state index contributed by atoms with van der Waals surface area (Å²) in [5.74, 6) is -0.0928. The number of amides is 1. The van der Waals surface area contributed by atoms with Gasteiger partial charge in [-0.3, -0.25) is 9.69 Å². The molecule has 1 aliphatic heterocycles. The minimum atomic E-state index is -0.409. The van der Waals surface area contributed by atoms with E-state index in [1.54, 1.807) is 48.6 Å². The van der Waals surface area contributed by atoms with E-state index in [4.69, 9.17) is 17.0 Å². The van der Waals surface area contributed by atoms with E-state index in [9.17, 15) is 9.59 Å². The fourth-order valence-corrected chi connectivity index (χ4v) is 3.70. The first kappa shape index (κ1) is 19.1. The van der Waals surface area contributed by atoms with E-state index in [2.05, 4.69) is 6.58 Å². The summed E-state index contributed by atoms with van der Waals surface area (Å²) in [5, 5.41) is 0. The van der Waals surface area contributed by atoms with Crippen LogP contribution in [0, 0.1) is 6.92 Å². The summed E-state index contributed by atoms with van der Waals surface area (Å²) in [6.07, 6.45) is 3.42. The van der Waals surface area contributed by atoms with E-state index in [0.29, 0.717) is 27.1 Å². The monoisotopic (exact) mass is 395 g/mol. The number of rotatable bonds is 5. The van der Waals surface area contributed by atoms with Gasteiger partial charge in [0.2, 0.25) is 0 Å². The largest absolute Gasteiger partial charge is 0.423 e. The van der Waals surface area contributed by atoms with Gasteiger partial charge in [0.25, 0.3) is 5.91 Å². The molecule has 1 fully saturated rings. The van der Waals surface area contributed by atoms with Crippen molar-refractivity contribution in [2.45, 2.75) is 6.92 Å². The zero-order valence-corrected chi connectivity index (χ0v) is 16.3. The average molecular weight is 396 g/mol. The third-order valence-corrected chi connectivity index (χ3v) is 5.24. The number of aryl methyl sites for hydroxylation is 1. The van der Waals surface area contributed by atoms with Crippen molar-refractivity contribution in [3.05, 3.63) is 82.8 Å². The van der Waals surface area contributed by atoms with E-state index in [1.165, 1.54) is 16.7 Å². The van der Waals surface area contributed by atoms with Gasteiger partial charge in [-0.15, -0.1) is 6.58 Å². The van der Waals surface area contributed by atoms with Crippen molar-refractivity contribution in [3.63, 3.8) is 0 Å². The molecule has 0 N–H and O–H groups in total.